The van der Waals surface area contributed by atoms with Gasteiger partial charge >= 0.3 is 6.09 Å². The van der Waals surface area contributed by atoms with Crippen molar-refractivity contribution in [3.05, 3.63) is 54.1 Å². The first-order chi connectivity index (χ1) is 17.9. The van der Waals surface area contributed by atoms with Gasteiger partial charge in [0.05, 0.1) is 25.7 Å². The highest BCUT2D eigenvalue weighted by Crippen LogP contribution is 2.42. The molecule has 2 aromatic carbocycles. The lowest BCUT2D eigenvalue weighted by Crippen LogP contribution is -2.31. The first-order valence-electron chi connectivity index (χ1n) is 11.4. The van der Waals surface area contributed by atoms with Crippen LogP contribution < -0.4 is 10.6 Å². The van der Waals surface area contributed by atoms with Crippen LogP contribution in [0, 0.1) is 6.92 Å². The fourth-order valence-electron chi connectivity index (χ4n) is 3.40. The molecule has 0 spiro atoms. The fraction of sp³-hybridized carbons (Fsp3) is 0.269. The quantitative estimate of drug-likeness (QED) is 0.122. The highest BCUT2D eigenvalue weighted by atomic mass is 79.9. The molecule has 0 fully saturated rings. The molecule has 2 amide bonds. The minimum absolute atomic E-state index is 0.0862. The van der Waals surface area contributed by atoms with E-state index >= 15 is 0 Å². The summed E-state index contributed by atoms with van der Waals surface area (Å²) in [5.74, 6) is -0.250. The Kier molecular flexibility index (Phi) is 9.80. The van der Waals surface area contributed by atoms with Crippen LogP contribution in [-0.4, -0.2) is 43.9 Å². The third-order valence-electron chi connectivity index (χ3n) is 5.03. The molecule has 1 heterocycles. The van der Waals surface area contributed by atoms with Crippen molar-refractivity contribution in [3.8, 4) is 11.1 Å². The number of hydrogen-bond donors (Lipinski definition) is 2. The lowest BCUT2D eigenvalue weighted by molar-refractivity contribution is -0.113. The summed E-state index contributed by atoms with van der Waals surface area (Å²) in [7, 11) is -3.94. The molecule has 0 aliphatic carbocycles. The van der Waals surface area contributed by atoms with E-state index < -0.39 is 21.5 Å². The SMILES string of the molecule is CSc1sc(N=CNC(=O)OC(C)(C)C)cc1S(=O)(=O)c1ccc(NC(=O)CBr)c(-c2ccccc2C)c1. The lowest BCUT2D eigenvalue weighted by Gasteiger charge is -2.18. The number of carbonyl (C=O) groups excluding carboxylic acids is 2. The number of halogens is 1. The lowest BCUT2D eigenvalue weighted by atomic mass is 9.99. The number of rotatable bonds is 8. The molecule has 0 bridgehead atoms. The van der Waals surface area contributed by atoms with Crippen LogP contribution in [-0.2, 0) is 19.4 Å². The Morgan fingerprint density at radius 1 is 1.13 bits per heavy atom. The Bertz CT molecular complexity index is 1480. The van der Waals surface area contributed by atoms with Gasteiger partial charge < -0.3 is 10.1 Å². The molecule has 3 rings (SSSR count). The second-order valence-electron chi connectivity index (χ2n) is 9.05. The number of aryl methyl sites for hydroxylation is 1. The number of ether oxygens (including phenoxy) is 1. The second kappa shape index (κ2) is 12.5. The number of hydrogen-bond acceptors (Lipinski definition) is 8. The van der Waals surface area contributed by atoms with Gasteiger partial charge in [-0.25, -0.2) is 18.2 Å². The Hall–Kier alpha value is -2.67. The molecule has 2 N–H and O–H groups in total. The van der Waals surface area contributed by atoms with Crippen molar-refractivity contribution in [2.24, 2.45) is 4.99 Å². The average molecular weight is 639 g/mol. The molecule has 0 atom stereocenters. The molecular formula is C26H28BrN3O5S3. The van der Waals surface area contributed by atoms with Crippen molar-refractivity contribution in [3.63, 3.8) is 0 Å². The van der Waals surface area contributed by atoms with E-state index in [4.69, 9.17) is 4.74 Å². The molecule has 0 unspecified atom stereocenters. The molecule has 1 aromatic heterocycles. The van der Waals surface area contributed by atoms with E-state index in [2.05, 4.69) is 31.6 Å². The highest BCUT2D eigenvalue weighted by molar-refractivity contribution is 9.09. The van der Waals surface area contributed by atoms with Crippen LogP contribution in [0.4, 0.5) is 15.5 Å². The molecule has 3 aromatic rings. The minimum atomic E-state index is -3.94. The number of carbonyl (C=O) groups is 2. The maximum absolute atomic E-state index is 13.8. The molecular weight excluding hydrogens is 610 g/mol. The summed E-state index contributed by atoms with van der Waals surface area (Å²) in [5.41, 5.74) is 2.20. The number of amides is 2. The number of alkyl halides is 1. The minimum Gasteiger partial charge on any atom is -0.444 e. The number of thiophene rings is 1. The van der Waals surface area contributed by atoms with Gasteiger partial charge in [-0.3, -0.25) is 10.1 Å². The third kappa shape index (κ3) is 7.46. The molecule has 12 heteroatoms. The number of nitrogens with zero attached hydrogens (tertiary/aromatic N) is 1. The third-order valence-corrected chi connectivity index (χ3v) is 9.75. The van der Waals surface area contributed by atoms with Gasteiger partial charge in [0.15, 0.2) is 0 Å². The summed E-state index contributed by atoms with van der Waals surface area (Å²) in [6.07, 6.45) is 2.30. The number of alkyl carbamates (subject to hydrolysis) is 1. The molecule has 8 nitrogen and oxygen atoms in total. The maximum Gasteiger partial charge on any atom is 0.412 e. The molecule has 0 saturated heterocycles. The number of benzene rings is 2. The number of aliphatic imine (C=N–C) groups is 1. The van der Waals surface area contributed by atoms with E-state index in [1.807, 2.05) is 31.2 Å². The van der Waals surface area contributed by atoms with Crippen LogP contribution in [0.5, 0.6) is 0 Å². The van der Waals surface area contributed by atoms with Crippen molar-refractivity contribution in [1.82, 2.24) is 5.32 Å². The summed E-state index contributed by atoms with van der Waals surface area (Å²) in [4.78, 5) is 28.4. The Morgan fingerprint density at radius 3 is 2.47 bits per heavy atom. The first kappa shape index (κ1) is 29.9. The topological polar surface area (TPSA) is 114 Å². The molecule has 0 aliphatic rings. The zero-order chi connectivity index (χ0) is 28.1. The van der Waals surface area contributed by atoms with Gasteiger partial charge in [-0.1, -0.05) is 40.2 Å². The standard InChI is InChI=1S/C26H28BrN3O5S3/c1-16-8-6-7-9-18(16)19-12-17(10-11-20(19)30-22(31)14-27)38(33,34)21-13-23(37-24(21)36-5)28-15-29-25(32)35-26(2,3)4/h6-13,15H,14H2,1-5H3,(H,30,31)(H,28,29,32). The van der Waals surface area contributed by atoms with Gasteiger partial charge in [0.1, 0.15) is 10.6 Å². The monoisotopic (exact) mass is 637 g/mol. The highest BCUT2D eigenvalue weighted by Gasteiger charge is 2.26. The van der Waals surface area contributed by atoms with E-state index in [9.17, 15) is 18.0 Å². The fourth-order valence-corrected chi connectivity index (χ4v) is 7.39. The van der Waals surface area contributed by atoms with Gasteiger partial charge in [0.2, 0.25) is 15.7 Å². The van der Waals surface area contributed by atoms with Crippen molar-refractivity contribution in [2.45, 2.75) is 47.3 Å². The maximum atomic E-state index is 13.8. The first-order valence-corrected chi connectivity index (χ1v) is 16.0. The Morgan fingerprint density at radius 2 is 1.84 bits per heavy atom. The number of anilines is 1. The second-order valence-corrected chi connectivity index (χ2v) is 13.6. The van der Waals surface area contributed by atoms with Gasteiger partial charge in [-0.15, -0.1) is 23.1 Å². The molecule has 0 saturated carbocycles. The Labute approximate surface area is 239 Å². The van der Waals surface area contributed by atoms with Gasteiger partial charge in [0.25, 0.3) is 0 Å². The van der Waals surface area contributed by atoms with Crippen molar-refractivity contribution in [1.29, 1.82) is 0 Å². The van der Waals surface area contributed by atoms with E-state index in [0.29, 0.717) is 20.5 Å². The average Bonchev–Trinajstić information content (AvgIpc) is 3.27. The molecule has 0 radical (unpaired) electrons. The van der Waals surface area contributed by atoms with Crippen LogP contribution in [0.25, 0.3) is 11.1 Å². The predicted molar refractivity (Wildman–Crippen MR) is 158 cm³/mol. The van der Waals surface area contributed by atoms with Crippen LogP contribution >= 0.6 is 39.0 Å². The van der Waals surface area contributed by atoms with E-state index in [-0.39, 0.29) is 21.0 Å². The number of nitrogens with one attached hydrogen (secondary N) is 2. The smallest absolute Gasteiger partial charge is 0.412 e. The van der Waals surface area contributed by atoms with Crippen molar-refractivity contribution < 1.29 is 22.7 Å². The van der Waals surface area contributed by atoms with Crippen LogP contribution in [0.15, 0.2) is 67.5 Å². The Balaban J connectivity index is 2.00. The van der Waals surface area contributed by atoms with Crippen LogP contribution in [0.2, 0.25) is 0 Å². The van der Waals surface area contributed by atoms with Gasteiger partial charge in [-0.2, -0.15) is 0 Å². The molecule has 38 heavy (non-hydrogen) atoms. The normalized spacial score (nSPS) is 11.9. The molecule has 202 valence electrons. The van der Waals surface area contributed by atoms with Crippen molar-refractivity contribution in [2.75, 3.05) is 16.9 Å². The predicted octanol–water partition coefficient (Wildman–Crippen LogP) is 6.80. The van der Waals surface area contributed by atoms with E-state index in [0.717, 1.165) is 11.1 Å². The number of thioether (sulfide) groups is 1. The van der Waals surface area contributed by atoms with Gasteiger partial charge in [0, 0.05) is 11.3 Å². The summed E-state index contributed by atoms with van der Waals surface area (Å²) >= 11 is 5.64. The summed E-state index contributed by atoms with van der Waals surface area (Å²) < 4.78 is 33.3. The zero-order valence-electron chi connectivity index (χ0n) is 21.5. The summed E-state index contributed by atoms with van der Waals surface area (Å²) in [6.45, 7) is 7.17. The van der Waals surface area contributed by atoms with Gasteiger partial charge in [-0.05, 0) is 69.3 Å². The van der Waals surface area contributed by atoms with E-state index in [1.165, 1.54) is 41.6 Å². The largest absolute Gasteiger partial charge is 0.444 e. The summed E-state index contributed by atoms with van der Waals surface area (Å²) in [5, 5.41) is 5.77. The van der Waals surface area contributed by atoms with Crippen LogP contribution in [0.3, 0.4) is 0 Å². The van der Waals surface area contributed by atoms with Crippen molar-refractivity contribution >= 4 is 77.9 Å². The molecule has 0 aliphatic heterocycles. The zero-order valence-corrected chi connectivity index (χ0v) is 25.5. The van der Waals surface area contributed by atoms with Crippen LogP contribution in [0.1, 0.15) is 26.3 Å². The summed E-state index contributed by atoms with van der Waals surface area (Å²) in [6, 6.07) is 13.7. The van der Waals surface area contributed by atoms with E-state index in [1.54, 1.807) is 39.2 Å². The number of sulfone groups is 1.